The number of carbonyl (C=O) groups is 1. The number of nitrogens with zero attached hydrogens (tertiary/aromatic N) is 1. The molecule has 0 spiro atoms. The molecule has 140 valence electrons. The molecule has 0 aliphatic carbocycles. The molecular weight excluding hydrogens is 350 g/mol. The van der Waals surface area contributed by atoms with Crippen LogP contribution < -0.4 is 4.74 Å². The van der Waals surface area contributed by atoms with Crippen LogP contribution in [0, 0.1) is 0 Å². The molecule has 2 rings (SSSR count). The summed E-state index contributed by atoms with van der Waals surface area (Å²) in [5.74, 6) is 0.367. The van der Waals surface area contributed by atoms with Crippen molar-refractivity contribution in [3.8, 4) is 5.75 Å². The van der Waals surface area contributed by atoms with Crippen LogP contribution in [0.5, 0.6) is 5.75 Å². The van der Waals surface area contributed by atoms with E-state index in [1.165, 1.54) is 7.05 Å². The molecule has 0 aliphatic heterocycles. The molecule has 0 amide bonds. The van der Waals surface area contributed by atoms with Crippen LogP contribution in [-0.4, -0.2) is 39.2 Å². The van der Waals surface area contributed by atoms with Crippen molar-refractivity contribution in [2.75, 3.05) is 20.7 Å². The first-order chi connectivity index (χ1) is 12.1. The lowest BCUT2D eigenvalue weighted by molar-refractivity contribution is 0.0973. The van der Waals surface area contributed by atoms with Crippen molar-refractivity contribution in [3.63, 3.8) is 0 Å². The van der Waals surface area contributed by atoms with Gasteiger partial charge in [0.2, 0.25) is 10.0 Å². The van der Waals surface area contributed by atoms with Crippen molar-refractivity contribution in [3.05, 3.63) is 59.7 Å². The van der Waals surface area contributed by atoms with Crippen molar-refractivity contribution in [1.29, 1.82) is 0 Å². The number of ether oxygens (including phenoxy) is 1. The largest absolute Gasteiger partial charge is 0.497 e. The summed E-state index contributed by atoms with van der Waals surface area (Å²) in [5.41, 5.74) is 1.43. The molecule has 0 radical (unpaired) electrons. The molecule has 0 heterocycles. The van der Waals surface area contributed by atoms with Gasteiger partial charge in [-0.2, -0.15) is 4.31 Å². The van der Waals surface area contributed by atoms with Crippen LogP contribution in [0.1, 0.15) is 36.7 Å². The van der Waals surface area contributed by atoms with Gasteiger partial charge in [0.05, 0.1) is 18.6 Å². The number of hydrogen-bond acceptors (Lipinski definition) is 4. The van der Waals surface area contributed by atoms with E-state index in [-0.39, 0.29) is 22.6 Å². The van der Waals surface area contributed by atoms with Crippen molar-refractivity contribution < 1.29 is 17.9 Å². The molecule has 0 saturated carbocycles. The van der Waals surface area contributed by atoms with Crippen LogP contribution in [-0.2, 0) is 15.4 Å². The predicted octanol–water partition coefficient (Wildman–Crippen LogP) is 3.50. The Bertz CT molecular complexity index is 864. The molecule has 0 aliphatic rings. The van der Waals surface area contributed by atoms with Gasteiger partial charge in [0.15, 0.2) is 5.78 Å². The molecule has 5 nitrogen and oxygen atoms in total. The number of likely N-dealkylation sites (N-methyl/N-ethyl adjacent to an activating group) is 1. The van der Waals surface area contributed by atoms with Gasteiger partial charge in [-0.25, -0.2) is 8.42 Å². The first-order valence-electron chi connectivity index (χ1n) is 8.30. The normalized spacial score (nSPS) is 12.2. The molecule has 2 aromatic rings. The number of hydrogen-bond donors (Lipinski definition) is 0. The average Bonchev–Trinajstić information content (AvgIpc) is 2.61. The number of Topliss-reactive ketones (excluding diaryl/α,β-unsaturated/α-hetero) is 1. The molecular formula is C20H25NO4S. The molecule has 0 N–H and O–H groups in total. The number of carbonyl (C=O) groups excluding carboxylic acids is 1. The first kappa shape index (κ1) is 20.1. The Morgan fingerprint density at radius 1 is 1.00 bits per heavy atom. The number of rotatable bonds is 6. The molecule has 0 aromatic heterocycles. The zero-order chi connectivity index (χ0) is 19.5. The van der Waals surface area contributed by atoms with E-state index < -0.39 is 10.0 Å². The minimum absolute atomic E-state index is 0.0570. The summed E-state index contributed by atoms with van der Waals surface area (Å²) >= 11 is 0. The van der Waals surface area contributed by atoms with Crippen molar-refractivity contribution in [2.24, 2.45) is 0 Å². The summed E-state index contributed by atoms with van der Waals surface area (Å²) < 4.78 is 31.6. The van der Waals surface area contributed by atoms with Crippen LogP contribution in [0.4, 0.5) is 0 Å². The summed E-state index contributed by atoms with van der Waals surface area (Å²) in [4.78, 5) is 12.5. The average molecular weight is 375 g/mol. The van der Waals surface area contributed by atoms with Crippen molar-refractivity contribution >= 4 is 15.8 Å². The predicted molar refractivity (Wildman–Crippen MR) is 102 cm³/mol. The van der Waals surface area contributed by atoms with Crippen molar-refractivity contribution in [1.82, 2.24) is 4.31 Å². The fraction of sp³-hybridized carbons (Fsp3) is 0.350. The Kier molecular flexibility index (Phi) is 5.88. The fourth-order valence-corrected chi connectivity index (χ4v) is 3.59. The van der Waals surface area contributed by atoms with Gasteiger partial charge in [-0.05, 0) is 47.4 Å². The van der Waals surface area contributed by atoms with E-state index >= 15 is 0 Å². The number of ketones is 1. The van der Waals surface area contributed by atoms with Crippen LogP contribution >= 0.6 is 0 Å². The molecule has 0 fully saturated rings. The summed E-state index contributed by atoms with van der Waals surface area (Å²) in [6, 6.07) is 13.4. The lowest BCUT2D eigenvalue weighted by Crippen LogP contribution is -2.32. The number of benzene rings is 2. The second-order valence-corrected chi connectivity index (χ2v) is 9.23. The smallest absolute Gasteiger partial charge is 0.243 e. The third-order valence-electron chi connectivity index (χ3n) is 4.21. The minimum Gasteiger partial charge on any atom is -0.497 e. The molecule has 26 heavy (non-hydrogen) atoms. The molecule has 2 aromatic carbocycles. The zero-order valence-electron chi connectivity index (χ0n) is 15.8. The zero-order valence-corrected chi connectivity index (χ0v) is 16.6. The maximum absolute atomic E-state index is 12.7. The lowest BCUT2D eigenvalue weighted by Gasteiger charge is -2.20. The maximum Gasteiger partial charge on any atom is 0.243 e. The van der Waals surface area contributed by atoms with Gasteiger partial charge < -0.3 is 4.74 Å². The van der Waals surface area contributed by atoms with Gasteiger partial charge in [-0.3, -0.25) is 4.79 Å². The highest BCUT2D eigenvalue weighted by Crippen LogP contribution is 2.24. The van der Waals surface area contributed by atoms with E-state index in [1.807, 2.05) is 12.1 Å². The fourth-order valence-electron chi connectivity index (χ4n) is 2.46. The van der Waals surface area contributed by atoms with Gasteiger partial charge in [-0.1, -0.05) is 32.9 Å². The molecule has 0 saturated heterocycles. The molecule has 0 bridgehead atoms. The summed E-state index contributed by atoms with van der Waals surface area (Å²) in [6.45, 7) is 5.97. The van der Waals surface area contributed by atoms with Crippen molar-refractivity contribution in [2.45, 2.75) is 31.1 Å². The Labute approximate surface area is 155 Å². The standard InChI is InChI=1S/C20H25NO4S/c1-20(2,3)16-8-12-18(13-9-16)26(23,24)21(4)14-19(22)15-6-10-17(25-5)11-7-15/h6-13H,14H2,1-5H3. The topological polar surface area (TPSA) is 63.7 Å². The van der Waals surface area contributed by atoms with E-state index in [0.29, 0.717) is 11.3 Å². The van der Waals surface area contributed by atoms with E-state index in [2.05, 4.69) is 20.8 Å². The van der Waals surface area contributed by atoms with E-state index in [9.17, 15) is 13.2 Å². The van der Waals surface area contributed by atoms with Gasteiger partial charge in [0.1, 0.15) is 5.75 Å². The Morgan fingerprint density at radius 3 is 2.00 bits per heavy atom. The highest BCUT2D eigenvalue weighted by atomic mass is 32.2. The van der Waals surface area contributed by atoms with Gasteiger partial charge in [0, 0.05) is 12.6 Å². The lowest BCUT2D eigenvalue weighted by atomic mass is 9.87. The molecule has 0 atom stereocenters. The van der Waals surface area contributed by atoms with Crippen LogP contribution in [0.25, 0.3) is 0 Å². The van der Waals surface area contributed by atoms with Crippen LogP contribution in [0.3, 0.4) is 0 Å². The number of sulfonamides is 1. The minimum atomic E-state index is -3.73. The highest BCUT2D eigenvalue weighted by Gasteiger charge is 2.24. The quantitative estimate of drug-likeness (QED) is 0.725. The van der Waals surface area contributed by atoms with Gasteiger partial charge in [0.25, 0.3) is 0 Å². The summed E-state index contributed by atoms with van der Waals surface area (Å²) in [6.07, 6.45) is 0. The van der Waals surface area contributed by atoms with E-state index in [0.717, 1.165) is 9.87 Å². The highest BCUT2D eigenvalue weighted by molar-refractivity contribution is 7.89. The third-order valence-corrected chi connectivity index (χ3v) is 6.02. The third kappa shape index (κ3) is 4.51. The summed E-state index contributed by atoms with van der Waals surface area (Å²) in [7, 11) is -0.774. The van der Waals surface area contributed by atoms with Crippen LogP contribution in [0.15, 0.2) is 53.4 Å². The number of methoxy groups -OCH3 is 1. The molecule has 6 heteroatoms. The first-order valence-corrected chi connectivity index (χ1v) is 9.74. The monoisotopic (exact) mass is 375 g/mol. The van der Waals surface area contributed by atoms with Gasteiger partial charge in [-0.15, -0.1) is 0 Å². The Balaban J connectivity index is 2.16. The van der Waals surface area contributed by atoms with E-state index in [1.54, 1.807) is 43.5 Å². The van der Waals surface area contributed by atoms with E-state index in [4.69, 9.17) is 4.74 Å². The Morgan fingerprint density at radius 2 is 1.54 bits per heavy atom. The SMILES string of the molecule is COc1ccc(C(=O)CN(C)S(=O)(=O)c2ccc(C(C)(C)C)cc2)cc1. The Hall–Kier alpha value is -2.18. The molecule has 0 unspecified atom stereocenters. The van der Waals surface area contributed by atoms with Crippen LogP contribution in [0.2, 0.25) is 0 Å². The summed E-state index contributed by atoms with van der Waals surface area (Å²) in [5, 5.41) is 0. The maximum atomic E-state index is 12.7. The van der Waals surface area contributed by atoms with Gasteiger partial charge >= 0.3 is 0 Å². The second kappa shape index (κ2) is 7.60. The second-order valence-electron chi connectivity index (χ2n) is 7.19.